The van der Waals surface area contributed by atoms with Crippen LogP contribution in [-0.2, 0) is 16.1 Å². The molecular formula is C23H27N3O2. The number of aryl methyl sites for hydroxylation is 1. The van der Waals surface area contributed by atoms with Crippen LogP contribution in [0.3, 0.4) is 0 Å². The second kappa shape index (κ2) is 8.74. The predicted octanol–water partition coefficient (Wildman–Crippen LogP) is 3.86. The van der Waals surface area contributed by atoms with E-state index >= 15 is 0 Å². The summed E-state index contributed by atoms with van der Waals surface area (Å²) in [5, 5.41) is 7.86. The summed E-state index contributed by atoms with van der Waals surface area (Å²) in [7, 11) is 0. The molecule has 1 aromatic heterocycles. The first-order valence-electron chi connectivity index (χ1n) is 9.82. The first-order valence-corrected chi connectivity index (χ1v) is 9.82. The van der Waals surface area contributed by atoms with Crippen LogP contribution in [0, 0.1) is 0 Å². The molecule has 1 atom stereocenters. The number of hydrogen-bond acceptors (Lipinski definition) is 2. The largest absolute Gasteiger partial charge is 0.354 e. The summed E-state index contributed by atoms with van der Waals surface area (Å²) >= 11 is 0. The summed E-state index contributed by atoms with van der Waals surface area (Å²) in [6.07, 6.45) is 4.12. The molecule has 2 N–H and O–H groups in total. The van der Waals surface area contributed by atoms with Crippen molar-refractivity contribution in [3.8, 4) is 0 Å². The highest BCUT2D eigenvalue weighted by Crippen LogP contribution is 2.29. The minimum atomic E-state index is -0.561. The smallest absolute Gasteiger partial charge is 0.244 e. The minimum Gasteiger partial charge on any atom is -0.354 e. The fourth-order valence-corrected chi connectivity index (χ4v) is 3.42. The monoisotopic (exact) mass is 377 g/mol. The molecule has 0 unspecified atom stereocenters. The number of carbonyl (C=O) groups excluding carboxylic acids is 2. The van der Waals surface area contributed by atoms with E-state index in [1.165, 1.54) is 27.9 Å². The summed E-state index contributed by atoms with van der Waals surface area (Å²) in [4.78, 5) is 24.0. The van der Waals surface area contributed by atoms with Gasteiger partial charge >= 0.3 is 0 Å². The Morgan fingerprint density at radius 3 is 2.57 bits per heavy atom. The fraction of sp³-hybridized carbons (Fsp3) is 0.304. The van der Waals surface area contributed by atoms with E-state index < -0.39 is 6.04 Å². The number of carbonyl (C=O) groups is 2. The molecule has 0 saturated heterocycles. The normalized spacial score (nSPS) is 12.5. The molecule has 3 aromatic rings. The van der Waals surface area contributed by atoms with E-state index in [9.17, 15) is 9.59 Å². The van der Waals surface area contributed by atoms with E-state index in [1.54, 1.807) is 13.0 Å². The van der Waals surface area contributed by atoms with Crippen LogP contribution in [0.15, 0.2) is 48.5 Å². The highest BCUT2D eigenvalue weighted by atomic mass is 16.2. The first kappa shape index (κ1) is 19.7. The van der Waals surface area contributed by atoms with Gasteiger partial charge in [-0.25, -0.2) is 0 Å². The van der Waals surface area contributed by atoms with Gasteiger partial charge in [-0.1, -0.05) is 31.2 Å². The third-order valence-corrected chi connectivity index (χ3v) is 4.84. The van der Waals surface area contributed by atoms with Gasteiger partial charge in [-0.3, -0.25) is 9.59 Å². The van der Waals surface area contributed by atoms with E-state index in [0.29, 0.717) is 6.54 Å². The predicted molar refractivity (Wildman–Crippen MR) is 115 cm³/mol. The van der Waals surface area contributed by atoms with Gasteiger partial charge in [-0.15, -0.1) is 0 Å². The molecule has 28 heavy (non-hydrogen) atoms. The molecular weight excluding hydrogens is 350 g/mol. The summed E-state index contributed by atoms with van der Waals surface area (Å²) in [6, 6.07) is 14.0. The Kier molecular flexibility index (Phi) is 6.14. The molecule has 5 heteroatoms. The highest BCUT2D eigenvalue weighted by Gasteiger charge is 2.13. The van der Waals surface area contributed by atoms with Gasteiger partial charge in [0.25, 0.3) is 0 Å². The maximum Gasteiger partial charge on any atom is 0.244 e. The Balaban J connectivity index is 1.78. The van der Waals surface area contributed by atoms with Gasteiger partial charge in [0.2, 0.25) is 11.8 Å². The van der Waals surface area contributed by atoms with Crippen molar-refractivity contribution >= 4 is 39.7 Å². The van der Waals surface area contributed by atoms with E-state index in [-0.39, 0.29) is 11.8 Å². The van der Waals surface area contributed by atoms with Crippen LogP contribution in [0.1, 0.15) is 32.8 Å². The number of nitrogens with one attached hydrogen (secondary N) is 2. The van der Waals surface area contributed by atoms with Crippen LogP contribution in [-0.4, -0.2) is 29.0 Å². The fourth-order valence-electron chi connectivity index (χ4n) is 3.42. The van der Waals surface area contributed by atoms with Gasteiger partial charge in [0, 0.05) is 41.0 Å². The lowest BCUT2D eigenvalue weighted by molar-refractivity contribution is -0.126. The van der Waals surface area contributed by atoms with Gasteiger partial charge in [-0.2, -0.15) is 0 Å². The summed E-state index contributed by atoms with van der Waals surface area (Å²) in [5.74, 6) is -0.451. The van der Waals surface area contributed by atoms with Crippen molar-refractivity contribution in [1.82, 2.24) is 15.2 Å². The molecule has 3 rings (SSSR count). The summed E-state index contributed by atoms with van der Waals surface area (Å²) in [6.45, 7) is 7.32. The molecule has 0 aliphatic carbocycles. The molecule has 2 aromatic carbocycles. The first-order chi connectivity index (χ1) is 13.5. The third kappa shape index (κ3) is 4.09. The van der Waals surface area contributed by atoms with Crippen LogP contribution >= 0.6 is 0 Å². The van der Waals surface area contributed by atoms with Crippen molar-refractivity contribution < 1.29 is 9.59 Å². The number of fused-ring (bicyclic) bond motifs is 3. The third-order valence-electron chi connectivity index (χ3n) is 4.84. The molecule has 0 spiro atoms. The highest BCUT2D eigenvalue weighted by molar-refractivity contribution is 6.08. The average molecular weight is 377 g/mol. The standard InChI is InChI=1S/C23H27N3O2/c1-4-14-24-23(28)16(3)25-22(27)13-11-17-10-12-21-19(15-17)18-8-6-7-9-20(18)26(21)5-2/h6-13,15-16H,4-5,14H2,1-3H3,(H,24,28)(H,25,27)/b13-11+/t16-/m0/s1. The van der Waals surface area contributed by atoms with E-state index in [4.69, 9.17) is 0 Å². The molecule has 2 amide bonds. The van der Waals surface area contributed by atoms with Gasteiger partial charge < -0.3 is 15.2 Å². The average Bonchev–Trinajstić information content (AvgIpc) is 3.03. The van der Waals surface area contributed by atoms with E-state index in [0.717, 1.165) is 18.5 Å². The minimum absolute atomic E-state index is 0.169. The zero-order valence-electron chi connectivity index (χ0n) is 16.7. The topological polar surface area (TPSA) is 63.1 Å². The maximum atomic E-state index is 12.1. The Morgan fingerprint density at radius 2 is 1.82 bits per heavy atom. The summed E-state index contributed by atoms with van der Waals surface area (Å²) in [5.41, 5.74) is 3.35. The van der Waals surface area contributed by atoms with E-state index in [2.05, 4.69) is 52.5 Å². The molecule has 0 radical (unpaired) electrons. The Labute approximate surface area is 165 Å². The molecule has 0 fully saturated rings. The zero-order chi connectivity index (χ0) is 20.1. The SMILES string of the molecule is CCCNC(=O)[C@H](C)NC(=O)/C=C/c1ccc2c(c1)c1ccccc1n2CC. The Hall–Kier alpha value is -3.08. The van der Waals surface area contributed by atoms with Crippen molar-refractivity contribution in [3.05, 3.63) is 54.1 Å². The number of rotatable bonds is 7. The molecule has 0 bridgehead atoms. The van der Waals surface area contributed by atoms with Gasteiger partial charge in [0.1, 0.15) is 6.04 Å². The Morgan fingerprint density at radius 1 is 1.07 bits per heavy atom. The number of benzene rings is 2. The van der Waals surface area contributed by atoms with Gasteiger partial charge in [0.15, 0.2) is 0 Å². The Bertz CT molecular complexity index is 1030. The van der Waals surface area contributed by atoms with Crippen molar-refractivity contribution in [2.24, 2.45) is 0 Å². The molecule has 146 valence electrons. The second-order valence-electron chi connectivity index (χ2n) is 6.89. The van der Waals surface area contributed by atoms with Crippen LogP contribution in [0.4, 0.5) is 0 Å². The van der Waals surface area contributed by atoms with Crippen LogP contribution in [0.25, 0.3) is 27.9 Å². The lowest BCUT2D eigenvalue weighted by Crippen LogP contribution is -2.44. The van der Waals surface area contributed by atoms with Crippen LogP contribution in [0.5, 0.6) is 0 Å². The van der Waals surface area contributed by atoms with Crippen LogP contribution in [0.2, 0.25) is 0 Å². The molecule has 0 saturated carbocycles. The lowest BCUT2D eigenvalue weighted by atomic mass is 10.1. The molecule has 0 aliphatic heterocycles. The number of para-hydroxylation sites is 1. The number of nitrogens with zero attached hydrogens (tertiary/aromatic N) is 1. The molecule has 0 aliphatic rings. The van der Waals surface area contributed by atoms with Crippen LogP contribution < -0.4 is 10.6 Å². The molecule has 5 nitrogen and oxygen atoms in total. The quantitative estimate of drug-likeness (QED) is 0.614. The number of amides is 2. The second-order valence-corrected chi connectivity index (χ2v) is 6.89. The van der Waals surface area contributed by atoms with Crippen molar-refractivity contribution in [2.45, 2.75) is 39.8 Å². The number of aromatic nitrogens is 1. The van der Waals surface area contributed by atoms with Gasteiger partial charge in [-0.05, 0) is 50.1 Å². The lowest BCUT2D eigenvalue weighted by Gasteiger charge is -2.12. The molecule has 1 heterocycles. The van der Waals surface area contributed by atoms with Crippen molar-refractivity contribution in [3.63, 3.8) is 0 Å². The van der Waals surface area contributed by atoms with Crippen molar-refractivity contribution in [2.75, 3.05) is 6.54 Å². The van der Waals surface area contributed by atoms with Crippen molar-refractivity contribution in [1.29, 1.82) is 0 Å². The van der Waals surface area contributed by atoms with Gasteiger partial charge in [0.05, 0.1) is 0 Å². The maximum absolute atomic E-state index is 12.1. The number of hydrogen-bond donors (Lipinski definition) is 2. The summed E-state index contributed by atoms with van der Waals surface area (Å²) < 4.78 is 2.29. The zero-order valence-corrected chi connectivity index (χ0v) is 16.7. The van der Waals surface area contributed by atoms with E-state index in [1.807, 2.05) is 19.1 Å².